The molecule has 0 radical (unpaired) electrons. The molecule has 0 heterocycles. The summed E-state index contributed by atoms with van der Waals surface area (Å²) >= 11 is 0. The Morgan fingerprint density at radius 2 is 0.760 bits per heavy atom. The van der Waals surface area contributed by atoms with Crippen LogP contribution in [-0.4, -0.2) is 57.7 Å². The molecule has 0 N–H and O–H groups in total. The number of halogens is 16. The van der Waals surface area contributed by atoms with Crippen molar-refractivity contribution in [2.24, 2.45) is 0 Å². The summed E-state index contributed by atoms with van der Waals surface area (Å²) in [7, 11) is -2.05. The van der Waals surface area contributed by atoms with Crippen LogP contribution in [-0.2, 0) is 0 Å². The highest BCUT2D eigenvalue weighted by molar-refractivity contribution is 6.13. The molecule has 152 valence electrons. The van der Waals surface area contributed by atoms with Gasteiger partial charge < -0.3 is 0 Å². The molecule has 0 aromatic rings. The quantitative estimate of drug-likeness (QED) is 0.440. The smallest absolute Gasteiger partial charge is 0.234 e. The summed E-state index contributed by atoms with van der Waals surface area (Å²) in [6, 6.07) is 0. The van der Waals surface area contributed by atoms with Gasteiger partial charge in [-0.25, -0.2) is 13.2 Å². The van der Waals surface area contributed by atoms with Crippen LogP contribution in [0.3, 0.4) is 0 Å². The van der Waals surface area contributed by atoms with Crippen LogP contribution in [0.2, 0.25) is 0 Å². The molecule has 0 amide bonds. The average Bonchev–Trinajstić information content (AvgIpc) is 2.34. The molecule has 0 aromatic carbocycles. The Bertz CT molecular complexity index is 483. The Morgan fingerprint density at radius 3 is 1.00 bits per heavy atom. The molecule has 0 nitrogen and oxygen atoms in total. The van der Waals surface area contributed by atoms with E-state index in [0.29, 0.717) is 0 Å². The van der Waals surface area contributed by atoms with Gasteiger partial charge in [-0.3, -0.25) is 0 Å². The number of hydrogen-bond acceptors (Lipinski definition) is 0. The average molecular weight is 432 g/mol. The normalized spacial score (nSPS) is 17.8. The summed E-state index contributed by atoms with van der Waals surface area (Å²) in [6.07, 6.45) is -13.2. The van der Waals surface area contributed by atoms with Crippen LogP contribution in [0.25, 0.3) is 0 Å². The molecule has 1 atom stereocenters. The summed E-state index contributed by atoms with van der Waals surface area (Å²) < 4.78 is 200. The van der Waals surface area contributed by atoms with Crippen LogP contribution in [0, 0.1) is 0 Å². The van der Waals surface area contributed by atoms with Crippen molar-refractivity contribution in [1.82, 2.24) is 0 Å². The van der Waals surface area contributed by atoms with Gasteiger partial charge in [0.1, 0.15) is 0 Å². The first-order valence-electron chi connectivity index (χ1n) is 5.38. The zero-order valence-corrected chi connectivity index (χ0v) is 13.1. The lowest BCUT2D eigenvalue weighted by Crippen LogP contribution is -2.72. The van der Waals surface area contributed by atoms with E-state index in [1.807, 2.05) is 0 Å². The first-order chi connectivity index (χ1) is 10.4. The van der Waals surface area contributed by atoms with E-state index in [9.17, 15) is 70.2 Å². The lowest BCUT2D eigenvalue weighted by atomic mass is 9.92. The predicted octanol–water partition coefficient (Wildman–Crippen LogP) is 4.02. The molecule has 0 aromatic heterocycles. The third-order valence-corrected chi connectivity index (χ3v) is 3.23. The molecule has 25 heavy (non-hydrogen) atoms. The third kappa shape index (κ3) is 3.27. The van der Waals surface area contributed by atoms with Crippen LogP contribution in [0.5, 0.6) is 0 Å². The highest BCUT2D eigenvalue weighted by Crippen LogP contribution is 2.61. The topological polar surface area (TPSA) is 0 Å². The van der Waals surface area contributed by atoms with Crippen molar-refractivity contribution in [3.63, 3.8) is 0 Å². The second-order valence-corrected chi connectivity index (χ2v) is 6.07. The van der Waals surface area contributed by atoms with Gasteiger partial charge in [0.15, 0.2) is 0 Å². The minimum Gasteiger partial charge on any atom is -0.234 e. The van der Waals surface area contributed by atoms with E-state index in [-0.39, 0.29) is 0 Å². The maximum absolute atomic E-state index is 12.9. The molecule has 0 aliphatic heterocycles. The van der Waals surface area contributed by atoms with Gasteiger partial charge in [0.2, 0.25) is 6.17 Å². The van der Waals surface area contributed by atoms with Crippen LogP contribution < -0.4 is 0 Å². The lowest BCUT2D eigenvalue weighted by molar-refractivity contribution is -0.444. The Morgan fingerprint density at radius 1 is 0.480 bits per heavy atom. The van der Waals surface area contributed by atoms with Gasteiger partial charge in [0, 0.05) is 0 Å². The van der Waals surface area contributed by atoms with Gasteiger partial charge in [-0.05, 0) is 0 Å². The fourth-order valence-electron chi connectivity index (χ4n) is 1.26. The fraction of sp³-hybridized carbons (Fsp3) is 1.00. The number of rotatable bonds is 6. The first-order valence-corrected chi connectivity index (χ1v) is 6.38. The van der Waals surface area contributed by atoms with Crippen molar-refractivity contribution in [1.29, 1.82) is 0 Å². The molecule has 0 rings (SSSR count). The van der Waals surface area contributed by atoms with E-state index in [1.165, 1.54) is 0 Å². The van der Waals surface area contributed by atoms with Crippen molar-refractivity contribution in [2.45, 2.75) is 47.5 Å². The molecule has 1 unspecified atom stereocenters. The number of hydrogen-bond donors (Lipinski definition) is 0. The van der Waals surface area contributed by atoms with E-state index in [2.05, 4.69) is 0 Å². The second kappa shape index (κ2) is 5.80. The van der Waals surface area contributed by atoms with Crippen molar-refractivity contribution < 1.29 is 70.2 Å². The Kier molecular flexibility index (Phi) is 5.59. The first kappa shape index (κ1) is 24.1. The molecule has 0 aliphatic rings. The monoisotopic (exact) mass is 432 g/mol. The molecule has 17 heteroatoms. The third-order valence-electron chi connectivity index (χ3n) is 2.72. The van der Waals surface area contributed by atoms with Crippen LogP contribution in [0.15, 0.2) is 0 Å². The van der Waals surface area contributed by atoms with Gasteiger partial charge in [0.05, 0.1) is 10.2 Å². The summed E-state index contributed by atoms with van der Waals surface area (Å²) in [5.74, 6) is -40.0. The number of alkyl halides is 16. The molecule has 0 saturated carbocycles. The molecule has 0 bridgehead atoms. The standard InChI is InChI=1S/C8H4F16Si/c9-1(3(12,13)25)2(10,11)4(14,15)5(16,17)6(18,19)7(20,21)8(22,23)24/h1H,25H3. The zero-order valence-electron chi connectivity index (χ0n) is 11.1. The van der Waals surface area contributed by atoms with E-state index in [0.717, 1.165) is 0 Å². The zero-order chi connectivity index (χ0) is 21.1. The summed E-state index contributed by atoms with van der Waals surface area (Å²) in [5, 5.41) is 0. The van der Waals surface area contributed by atoms with Crippen molar-refractivity contribution in [2.75, 3.05) is 0 Å². The summed E-state index contributed by atoms with van der Waals surface area (Å²) in [5.41, 5.74) is -5.44. The van der Waals surface area contributed by atoms with Gasteiger partial charge in [-0.1, -0.05) is 0 Å². The predicted molar refractivity (Wildman–Crippen MR) is 50.6 cm³/mol. The van der Waals surface area contributed by atoms with Crippen molar-refractivity contribution >= 4 is 10.2 Å². The van der Waals surface area contributed by atoms with Gasteiger partial charge >= 0.3 is 35.8 Å². The molecular weight excluding hydrogens is 428 g/mol. The van der Waals surface area contributed by atoms with Crippen LogP contribution in [0.1, 0.15) is 0 Å². The molecule has 0 aliphatic carbocycles. The van der Waals surface area contributed by atoms with E-state index in [4.69, 9.17) is 0 Å². The maximum atomic E-state index is 12.9. The maximum Gasteiger partial charge on any atom is 0.460 e. The van der Waals surface area contributed by atoms with E-state index >= 15 is 0 Å². The van der Waals surface area contributed by atoms with Gasteiger partial charge in [-0.15, -0.1) is 0 Å². The minimum absolute atomic E-state index is 2.05. The van der Waals surface area contributed by atoms with Gasteiger partial charge in [-0.2, -0.15) is 57.1 Å². The molecule has 0 saturated heterocycles. The molecule has 0 spiro atoms. The van der Waals surface area contributed by atoms with E-state index in [1.54, 1.807) is 0 Å². The Balaban J connectivity index is 6.40. The summed E-state index contributed by atoms with van der Waals surface area (Å²) in [6.45, 7) is 0. The fourth-order valence-corrected chi connectivity index (χ4v) is 1.62. The molecular formula is C8H4F16Si. The Labute approximate surface area is 129 Å². The Hall–Kier alpha value is -0.903. The largest absolute Gasteiger partial charge is 0.460 e. The van der Waals surface area contributed by atoms with Crippen LogP contribution in [0.4, 0.5) is 70.2 Å². The molecule has 0 fully saturated rings. The van der Waals surface area contributed by atoms with E-state index < -0.39 is 57.7 Å². The second-order valence-electron chi connectivity index (χ2n) is 4.74. The van der Waals surface area contributed by atoms with Crippen molar-refractivity contribution in [3.8, 4) is 0 Å². The summed E-state index contributed by atoms with van der Waals surface area (Å²) in [4.78, 5) is 0. The SMILES string of the molecule is FC(C(F)(F)[SiH3])C(F)(F)C(F)(F)C(F)(F)C(F)(F)C(F)(F)C(F)(F)F. The minimum atomic E-state index is -8.28. The lowest BCUT2D eigenvalue weighted by Gasteiger charge is -2.41. The van der Waals surface area contributed by atoms with Crippen molar-refractivity contribution in [3.05, 3.63) is 0 Å². The highest BCUT2D eigenvalue weighted by Gasteiger charge is 2.92. The van der Waals surface area contributed by atoms with Gasteiger partial charge in [0.25, 0.3) is 5.55 Å². The van der Waals surface area contributed by atoms with Crippen LogP contribution >= 0.6 is 0 Å². The highest BCUT2D eigenvalue weighted by atomic mass is 28.1.